The van der Waals surface area contributed by atoms with Crippen molar-refractivity contribution in [1.82, 2.24) is 29.9 Å². The molecule has 2 atom stereocenters. The zero-order chi connectivity index (χ0) is 28.2. The lowest BCUT2D eigenvalue weighted by Gasteiger charge is -2.21. The number of methoxy groups -OCH3 is 2. The van der Waals surface area contributed by atoms with E-state index in [2.05, 4.69) is 20.6 Å². The van der Waals surface area contributed by atoms with Crippen molar-refractivity contribution >= 4 is 11.9 Å². The fourth-order valence-corrected chi connectivity index (χ4v) is 5.02. The standard InChI is InChI=1S/C29H30N6O5/c1-34-28(37)26(23(39-2)17-30-34)20-11-9-19(10-12-20)15-21(29(38)40-3)31-27(36)22-13-14-24-32-33-25(35(22)24)16-18-7-5-4-6-8-18/h4-12,17,21-22H,13-16H2,1-3H3,(H,31,36)/t21-,22-/m0/s1. The second-order valence-corrected chi connectivity index (χ2v) is 9.62. The summed E-state index contributed by atoms with van der Waals surface area (Å²) < 4.78 is 13.5. The lowest BCUT2D eigenvalue weighted by molar-refractivity contribution is -0.145. The Labute approximate surface area is 230 Å². The Morgan fingerprint density at radius 1 is 1.05 bits per heavy atom. The number of carbonyl (C=O) groups excluding carboxylic acids is 2. The van der Waals surface area contributed by atoms with Crippen LogP contribution in [-0.2, 0) is 40.6 Å². The van der Waals surface area contributed by atoms with Crippen LogP contribution in [0.25, 0.3) is 11.1 Å². The van der Waals surface area contributed by atoms with E-state index in [0.29, 0.717) is 42.0 Å². The summed E-state index contributed by atoms with van der Waals surface area (Å²) in [6, 6.07) is 15.6. The van der Waals surface area contributed by atoms with E-state index in [1.165, 1.54) is 25.1 Å². The van der Waals surface area contributed by atoms with Crippen molar-refractivity contribution in [3.8, 4) is 16.9 Å². The Bertz CT molecular complexity index is 1580. The number of ether oxygens (including phenoxy) is 2. The van der Waals surface area contributed by atoms with E-state index in [1.807, 2.05) is 47.0 Å². The summed E-state index contributed by atoms with van der Waals surface area (Å²) in [7, 11) is 4.35. The number of carbonyl (C=O) groups is 2. The van der Waals surface area contributed by atoms with E-state index < -0.39 is 18.1 Å². The number of nitrogens with one attached hydrogen (secondary N) is 1. The predicted octanol–water partition coefficient (Wildman–Crippen LogP) is 2.03. The Balaban J connectivity index is 1.33. The van der Waals surface area contributed by atoms with Gasteiger partial charge >= 0.3 is 5.97 Å². The number of hydrogen-bond acceptors (Lipinski definition) is 8. The molecule has 0 unspecified atom stereocenters. The summed E-state index contributed by atoms with van der Waals surface area (Å²) in [6.07, 6.45) is 3.45. The first-order valence-corrected chi connectivity index (χ1v) is 12.9. The molecule has 0 fully saturated rings. The van der Waals surface area contributed by atoms with Gasteiger partial charge in [-0.3, -0.25) is 9.59 Å². The summed E-state index contributed by atoms with van der Waals surface area (Å²) in [5.74, 6) is 1.00. The van der Waals surface area contributed by atoms with Crippen LogP contribution in [0.4, 0.5) is 0 Å². The molecule has 0 aliphatic carbocycles. The van der Waals surface area contributed by atoms with Crippen LogP contribution in [0.1, 0.15) is 35.2 Å². The lowest BCUT2D eigenvalue weighted by Crippen LogP contribution is -2.45. The van der Waals surface area contributed by atoms with Gasteiger partial charge in [-0.05, 0) is 23.1 Å². The topological polar surface area (TPSA) is 130 Å². The molecule has 1 N–H and O–H groups in total. The number of hydrogen-bond donors (Lipinski definition) is 1. The summed E-state index contributed by atoms with van der Waals surface area (Å²) in [6.45, 7) is 0. The molecule has 11 nitrogen and oxygen atoms in total. The molecule has 4 aromatic rings. The van der Waals surface area contributed by atoms with Crippen molar-refractivity contribution in [2.75, 3.05) is 14.2 Å². The van der Waals surface area contributed by atoms with Crippen LogP contribution < -0.4 is 15.6 Å². The molecule has 40 heavy (non-hydrogen) atoms. The molecule has 0 saturated carbocycles. The maximum absolute atomic E-state index is 13.5. The summed E-state index contributed by atoms with van der Waals surface area (Å²) in [5.41, 5.74) is 2.61. The maximum Gasteiger partial charge on any atom is 0.328 e. The number of fused-ring (bicyclic) bond motifs is 1. The first-order valence-electron chi connectivity index (χ1n) is 12.9. The average Bonchev–Trinajstić information content (AvgIpc) is 3.58. The Hall–Kier alpha value is -4.80. The van der Waals surface area contributed by atoms with Crippen LogP contribution >= 0.6 is 0 Å². The molecule has 206 valence electrons. The number of amides is 1. The minimum absolute atomic E-state index is 0.211. The Morgan fingerprint density at radius 2 is 1.80 bits per heavy atom. The van der Waals surface area contributed by atoms with Gasteiger partial charge in [-0.2, -0.15) is 5.10 Å². The lowest BCUT2D eigenvalue weighted by atomic mass is 10.0. The van der Waals surface area contributed by atoms with Crippen molar-refractivity contribution in [3.05, 3.63) is 93.9 Å². The van der Waals surface area contributed by atoms with Crippen LogP contribution in [0.15, 0.2) is 65.6 Å². The SMILES string of the molecule is COC(=O)[C@H](Cc1ccc(-c2c(OC)cnn(C)c2=O)cc1)NC(=O)[C@@H]1CCc2nnc(Cc3ccccc3)n21. The van der Waals surface area contributed by atoms with Crippen molar-refractivity contribution in [1.29, 1.82) is 0 Å². The van der Waals surface area contributed by atoms with Gasteiger partial charge in [0.1, 0.15) is 23.7 Å². The second kappa shape index (κ2) is 11.5. The highest BCUT2D eigenvalue weighted by Crippen LogP contribution is 2.28. The van der Waals surface area contributed by atoms with Gasteiger partial charge in [0.2, 0.25) is 5.91 Å². The van der Waals surface area contributed by atoms with Gasteiger partial charge in [-0.25, -0.2) is 9.48 Å². The smallest absolute Gasteiger partial charge is 0.328 e. The largest absolute Gasteiger partial charge is 0.494 e. The van der Waals surface area contributed by atoms with Crippen molar-refractivity contribution in [2.24, 2.45) is 7.05 Å². The fourth-order valence-electron chi connectivity index (χ4n) is 5.02. The molecule has 1 aliphatic rings. The van der Waals surface area contributed by atoms with Crippen LogP contribution in [0.3, 0.4) is 0 Å². The predicted molar refractivity (Wildman–Crippen MR) is 146 cm³/mol. The van der Waals surface area contributed by atoms with E-state index in [0.717, 1.165) is 17.0 Å². The van der Waals surface area contributed by atoms with E-state index in [-0.39, 0.29) is 17.9 Å². The van der Waals surface area contributed by atoms with Crippen LogP contribution in [0, 0.1) is 0 Å². The summed E-state index contributed by atoms with van der Waals surface area (Å²) in [4.78, 5) is 38.8. The molecule has 2 aromatic heterocycles. The number of rotatable bonds is 9. The number of benzene rings is 2. The highest BCUT2D eigenvalue weighted by Gasteiger charge is 2.34. The quantitative estimate of drug-likeness (QED) is 0.318. The molecule has 0 radical (unpaired) electrons. The van der Waals surface area contributed by atoms with Gasteiger partial charge in [-0.15, -0.1) is 10.2 Å². The van der Waals surface area contributed by atoms with Gasteiger partial charge in [-0.1, -0.05) is 54.6 Å². The van der Waals surface area contributed by atoms with Gasteiger partial charge in [0.05, 0.1) is 26.0 Å². The number of aryl methyl sites for hydroxylation is 2. The van der Waals surface area contributed by atoms with Crippen LogP contribution in [0.5, 0.6) is 5.75 Å². The third-order valence-corrected chi connectivity index (χ3v) is 7.10. The molecule has 0 saturated heterocycles. The minimum Gasteiger partial charge on any atom is -0.494 e. The monoisotopic (exact) mass is 542 g/mol. The van der Waals surface area contributed by atoms with E-state index >= 15 is 0 Å². The Kier molecular flexibility index (Phi) is 7.72. The highest BCUT2D eigenvalue weighted by atomic mass is 16.5. The summed E-state index contributed by atoms with van der Waals surface area (Å²) >= 11 is 0. The van der Waals surface area contributed by atoms with Crippen molar-refractivity contribution in [3.63, 3.8) is 0 Å². The van der Waals surface area contributed by atoms with E-state index in [1.54, 1.807) is 19.2 Å². The zero-order valence-corrected chi connectivity index (χ0v) is 22.5. The molecule has 2 aromatic carbocycles. The Morgan fingerprint density at radius 3 is 2.50 bits per heavy atom. The average molecular weight is 543 g/mol. The van der Waals surface area contributed by atoms with Gasteiger partial charge in [0.25, 0.3) is 5.56 Å². The third kappa shape index (κ3) is 5.35. The van der Waals surface area contributed by atoms with Gasteiger partial charge < -0.3 is 19.4 Å². The molecular weight excluding hydrogens is 512 g/mol. The van der Waals surface area contributed by atoms with Crippen molar-refractivity contribution < 1.29 is 19.1 Å². The molecule has 1 aliphatic heterocycles. The first-order chi connectivity index (χ1) is 19.4. The van der Waals surface area contributed by atoms with Gasteiger partial charge in [0, 0.05) is 26.3 Å². The van der Waals surface area contributed by atoms with Crippen molar-refractivity contribution in [2.45, 2.75) is 37.8 Å². The highest BCUT2D eigenvalue weighted by molar-refractivity contribution is 5.87. The molecule has 3 heterocycles. The molecule has 5 rings (SSSR count). The minimum atomic E-state index is -0.898. The first kappa shape index (κ1) is 26.8. The molecule has 0 bridgehead atoms. The number of aromatic nitrogens is 5. The van der Waals surface area contributed by atoms with E-state index in [9.17, 15) is 14.4 Å². The third-order valence-electron chi connectivity index (χ3n) is 7.10. The fraction of sp³-hybridized carbons (Fsp3) is 0.310. The summed E-state index contributed by atoms with van der Waals surface area (Å²) in [5, 5.41) is 15.5. The molecule has 11 heteroatoms. The number of nitrogens with zero attached hydrogens (tertiary/aromatic N) is 5. The molecular formula is C29H30N6O5. The molecule has 0 spiro atoms. The normalized spacial score (nSPS) is 14.8. The van der Waals surface area contributed by atoms with E-state index in [4.69, 9.17) is 9.47 Å². The van der Waals surface area contributed by atoms with Gasteiger partial charge in [0.15, 0.2) is 5.75 Å². The molecule has 1 amide bonds. The van der Waals surface area contributed by atoms with Crippen LogP contribution in [0.2, 0.25) is 0 Å². The van der Waals surface area contributed by atoms with Crippen LogP contribution in [-0.4, -0.2) is 56.7 Å². The zero-order valence-electron chi connectivity index (χ0n) is 22.5. The number of esters is 1. The second-order valence-electron chi connectivity index (χ2n) is 9.62. The maximum atomic E-state index is 13.5.